The number of hydrogen-bond donors (Lipinski definition) is 1. The van der Waals surface area contributed by atoms with Gasteiger partial charge in [-0.05, 0) is 38.5 Å². The van der Waals surface area contributed by atoms with E-state index in [0.29, 0.717) is 5.75 Å². The number of rotatable bonds is 6. The van der Waals surface area contributed by atoms with Crippen LogP contribution >= 0.6 is 11.8 Å². The number of aryl methyl sites for hydroxylation is 1. The zero-order chi connectivity index (χ0) is 16.1. The SMILES string of the molecule is Cc1cc(CS[C@H](C)C(=O)N[C@H](C)c2ccc(F)cc2)on1. The summed E-state index contributed by atoms with van der Waals surface area (Å²) in [6.45, 7) is 5.58. The first-order chi connectivity index (χ1) is 10.5. The quantitative estimate of drug-likeness (QED) is 0.882. The van der Waals surface area contributed by atoms with Crippen molar-refractivity contribution in [2.75, 3.05) is 0 Å². The highest BCUT2D eigenvalue weighted by atomic mass is 32.2. The van der Waals surface area contributed by atoms with Crippen molar-refractivity contribution >= 4 is 17.7 Å². The monoisotopic (exact) mass is 322 g/mol. The van der Waals surface area contributed by atoms with Crippen LogP contribution in [0.5, 0.6) is 0 Å². The Morgan fingerprint density at radius 1 is 1.36 bits per heavy atom. The minimum Gasteiger partial charge on any atom is -0.360 e. The molecule has 1 heterocycles. The summed E-state index contributed by atoms with van der Waals surface area (Å²) in [7, 11) is 0. The summed E-state index contributed by atoms with van der Waals surface area (Å²) in [5, 5.41) is 6.53. The summed E-state index contributed by atoms with van der Waals surface area (Å²) in [4.78, 5) is 12.2. The molecular formula is C16H19FN2O2S. The molecule has 0 bridgehead atoms. The number of carbonyl (C=O) groups is 1. The molecule has 1 aromatic heterocycles. The third kappa shape index (κ3) is 4.59. The van der Waals surface area contributed by atoms with Crippen LogP contribution < -0.4 is 5.32 Å². The van der Waals surface area contributed by atoms with Gasteiger partial charge in [-0.3, -0.25) is 4.79 Å². The topological polar surface area (TPSA) is 55.1 Å². The number of benzene rings is 1. The Morgan fingerprint density at radius 3 is 2.64 bits per heavy atom. The summed E-state index contributed by atoms with van der Waals surface area (Å²) in [6.07, 6.45) is 0. The Bertz CT molecular complexity index is 627. The summed E-state index contributed by atoms with van der Waals surface area (Å²) in [5.74, 6) is 1.01. The molecule has 1 amide bonds. The van der Waals surface area contributed by atoms with Crippen LogP contribution in [0.3, 0.4) is 0 Å². The molecule has 2 rings (SSSR count). The van der Waals surface area contributed by atoms with Crippen LogP contribution in [0.25, 0.3) is 0 Å². The summed E-state index contributed by atoms with van der Waals surface area (Å²) in [6, 6.07) is 7.83. The largest absolute Gasteiger partial charge is 0.360 e. The Morgan fingerprint density at radius 2 is 2.05 bits per heavy atom. The second-order valence-corrected chi connectivity index (χ2v) is 6.50. The van der Waals surface area contributed by atoms with E-state index in [9.17, 15) is 9.18 Å². The molecule has 0 aliphatic carbocycles. The van der Waals surface area contributed by atoms with Crippen molar-refractivity contribution in [3.8, 4) is 0 Å². The lowest BCUT2D eigenvalue weighted by Gasteiger charge is -2.17. The molecule has 0 saturated carbocycles. The fourth-order valence-electron chi connectivity index (χ4n) is 1.93. The molecule has 0 unspecified atom stereocenters. The van der Waals surface area contributed by atoms with E-state index in [-0.39, 0.29) is 23.0 Å². The van der Waals surface area contributed by atoms with Gasteiger partial charge in [0.05, 0.1) is 22.7 Å². The third-order valence-electron chi connectivity index (χ3n) is 3.25. The first-order valence-corrected chi connectivity index (χ1v) is 8.10. The molecule has 4 nitrogen and oxygen atoms in total. The Hall–Kier alpha value is -1.82. The van der Waals surface area contributed by atoms with E-state index in [1.54, 1.807) is 12.1 Å². The third-order valence-corrected chi connectivity index (χ3v) is 4.42. The van der Waals surface area contributed by atoms with Gasteiger partial charge >= 0.3 is 0 Å². The molecule has 6 heteroatoms. The minimum atomic E-state index is -0.284. The van der Waals surface area contributed by atoms with Crippen LogP contribution in [0.1, 0.15) is 36.9 Å². The standard InChI is InChI=1S/C16H19FN2O2S/c1-10-8-15(21-19-10)9-22-12(3)16(20)18-11(2)13-4-6-14(17)7-5-13/h4-8,11-12H,9H2,1-3H3,(H,18,20)/t11-,12-/m1/s1. The van der Waals surface area contributed by atoms with E-state index in [2.05, 4.69) is 10.5 Å². The molecule has 0 radical (unpaired) electrons. The summed E-state index contributed by atoms with van der Waals surface area (Å²) >= 11 is 1.48. The summed E-state index contributed by atoms with van der Waals surface area (Å²) < 4.78 is 18.0. The fourth-order valence-corrected chi connectivity index (χ4v) is 2.70. The summed E-state index contributed by atoms with van der Waals surface area (Å²) in [5.41, 5.74) is 1.70. The van der Waals surface area contributed by atoms with E-state index in [1.165, 1.54) is 23.9 Å². The molecule has 0 aliphatic heterocycles. The number of nitrogens with one attached hydrogen (secondary N) is 1. The highest BCUT2D eigenvalue weighted by molar-refractivity contribution is 7.99. The molecule has 0 saturated heterocycles. The number of carbonyl (C=O) groups excluding carboxylic acids is 1. The minimum absolute atomic E-state index is 0.0573. The second-order valence-electron chi connectivity index (χ2n) is 5.17. The average Bonchev–Trinajstić information content (AvgIpc) is 2.91. The van der Waals surface area contributed by atoms with E-state index in [0.717, 1.165) is 17.0 Å². The lowest BCUT2D eigenvalue weighted by atomic mass is 10.1. The number of halogens is 1. The molecule has 0 aliphatic rings. The predicted molar refractivity (Wildman–Crippen MR) is 85.0 cm³/mol. The van der Waals surface area contributed by atoms with E-state index < -0.39 is 0 Å². The zero-order valence-electron chi connectivity index (χ0n) is 12.8. The van der Waals surface area contributed by atoms with Gasteiger partial charge in [-0.15, -0.1) is 11.8 Å². The van der Waals surface area contributed by atoms with Gasteiger partial charge in [0.25, 0.3) is 0 Å². The first-order valence-electron chi connectivity index (χ1n) is 7.05. The fraction of sp³-hybridized carbons (Fsp3) is 0.375. The van der Waals surface area contributed by atoms with Gasteiger partial charge in [-0.1, -0.05) is 17.3 Å². The Labute approximate surface area is 133 Å². The number of amides is 1. The Kier molecular flexibility index (Phi) is 5.60. The van der Waals surface area contributed by atoms with Gasteiger partial charge in [0.2, 0.25) is 5.91 Å². The van der Waals surface area contributed by atoms with Crippen LogP contribution in [0.15, 0.2) is 34.9 Å². The van der Waals surface area contributed by atoms with Gasteiger partial charge in [0.1, 0.15) is 11.6 Å². The van der Waals surface area contributed by atoms with Crippen molar-refractivity contribution in [3.63, 3.8) is 0 Å². The maximum absolute atomic E-state index is 12.9. The van der Waals surface area contributed by atoms with E-state index >= 15 is 0 Å². The maximum atomic E-state index is 12.9. The van der Waals surface area contributed by atoms with Crippen molar-refractivity contribution < 1.29 is 13.7 Å². The number of nitrogens with zero attached hydrogens (tertiary/aromatic N) is 1. The smallest absolute Gasteiger partial charge is 0.233 e. The normalized spacial score (nSPS) is 13.6. The van der Waals surface area contributed by atoms with Crippen molar-refractivity contribution in [2.45, 2.75) is 37.8 Å². The maximum Gasteiger partial charge on any atom is 0.233 e. The number of aromatic nitrogens is 1. The molecule has 118 valence electrons. The molecular weight excluding hydrogens is 303 g/mol. The lowest BCUT2D eigenvalue weighted by molar-refractivity contribution is -0.120. The van der Waals surface area contributed by atoms with Crippen LogP contribution in [-0.2, 0) is 10.5 Å². The van der Waals surface area contributed by atoms with Gasteiger partial charge in [-0.25, -0.2) is 4.39 Å². The van der Waals surface area contributed by atoms with Gasteiger partial charge in [0, 0.05) is 6.07 Å². The lowest BCUT2D eigenvalue weighted by Crippen LogP contribution is -2.33. The highest BCUT2D eigenvalue weighted by Crippen LogP contribution is 2.20. The molecule has 0 spiro atoms. The van der Waals surface area contributed by atoms with Crippen molar-refractivity contribution in [1.29, 1.82) is 0 Å². The molecule has 2 aromatic rings. The van der Waals surface area contributed by atoms with Gasteiger partial charge < -0.3 is 9.84 Å². The van der Waals surface area contributed by atoms with E-state index in [4.69, 9.17) is 4.52 Å². The molecule has 2 atom stereocenters. The van der Waals surface area contributed by atoms with E-state index in [1.807, 2.05) is 26.8 Å². The first kappa shape index (κ1) is 16.5. The molecule has 22 heavy (non-hydrogen) atoms. The van der Waals surface area contributed by atoms with Crippen molar-refractivity contribution in [1.82, 2.24) is 10.5 Å². The molecule has 0 fully saturated rings. The highest BCUT2D eigenvalue weighted by Gasteiger charge is 2.17. The molecule has 1 aromatic carbocycles. The molecule has 1 N–H and O–H groups in total. The van der Waals surface area contributed by atoms with Crippen LogP contribution in [0.2, 0.25) is 0 Å². The zero-order valence-corrected chi connectivity index (χ0v) is 13.6. The van der Waals surface area contributed by atoms with Gasteiger partial charge in [0.15, 0.2) is 0 Å². The second kappa shape index (κ2) is 7.45. The van der Waals surface area contributed by atoms with Crippen LogP contribution in [0, 0.1) is 12.7 Å². The predicted octanol–water partition coefficient (Wildman–Crippen LogP) is 3.62. The van der Waals surface area contributed by atoms with Crippen molar-refractivity contribution in [2.24, 2.45) is 0 Å². The van der Waals surface area contributed by atoms with Gasteiger partial charge in [-0.2, -0.15) is 0 Å². The average molecular weight is 322 g/mol. The van der Waals surface area contributed by atoms with Crippen molar-refractivity contribution in [3.05, 3.63) is 53.2 Å². The van der Waals surface area contributed by atoms with Crippen LogP contribution in [-0.4, -0.2) is 16.3 Å². The number of thioether (sulfide) groups is 1. The van der Waals surface area contributed by atoms with Crippen LogP contribution in [0.4, 0.5) is 4.39 Å². The number of hydrogen-bond acceptors (Lipinski definition) is 4. The Balaban J connectivity index is 1.83.